The molecule has 0 spiro atoms. The van der Waals surface area contributed by atoms with Gasteiger partial charge in [0.1, 0.15) is 11.9 Å². The van der Waals surface area contributed by atoms with Crippen molar-refractivity contribution in [2.45, 2.75) is 18.9 Å². The summed E-state index contributed by atoms with van der Waals surface area (Å²) >= 11 is 0. The molecule has 0 bridgehead atoms. The second kappa shape index (κ2) is 4.90. The minimum atomic E-state index is 0.298. The third-order valence-electron chi connectivity index (χ3n) is 2.65. The van der Waals surface area contributed by atoms with Gasteiger partial charge in [-0.3, -0.25) is 0 Å². The molecule has 1 fully saturated rings. The van der Waals surface area contributed by atoms with Crippen LogP contribution in [-0.4, -0.2) is 30.0 Å². The van der Waals surface area contributed by atoms with Gasteiger partial charge >= 0.3 is 0 Å². The van der Waals surface area contributed by atoms with Crippen molar-refractivity contribution >= 4 is 5.82 Å². The Kier molecular flexibility index (Phi) is 3.32. The van der Waals surface area contributed by atoms with Crippen LogP contribution in [0.5, 0.6) is 0 Å². The van der Waals surface area contributed by atoms with Crippen molar-refractivity contribution in [1.82, 2.24) is 10.2 Å². The van der Waals surface area contributed by atoms with E-state index in [-0.39, 0.29) is 0 Å². The van der Waals surface area contributed by atoms with Crippen LogP contribution in [-0.2, 0) is 4.74 Å². The number of anilines is 1. The molecule has 1 N–H and O–H groups in total. The molecule has 16 heavy (non-hydrogen) atoms. The van der Waals surface area contributed by atoms with Gasteiger partial charge in [-0.25, -0.2) is 0 Å². The van der Waals surface area contributed by atoms with Crippen molar-refractivity contribution in [2.75, 3.05) is 19.0 Å². The Morgan fingerprint density at radius 1 is 1.56 bits per heavy atom. The number of methoxy groups -OCH3 is 1. The minimum absolute atomic E-state index is 0.298. The van der Waals surface area contributed by atoms with E-state index in [1.54, 1.807) is 19.2 Å². The normalized spacial score (nSPS) is 16.5. The van der Waals surface area contributed by atoms with Gasteiger partial charge in [-0.1, -0.05) is 0 Å². The summed E-state index contributed by atoms with van der Waals surface area (Å²) in [6.07, 6.45) is 2.48. The first-order chi connectivity index (χ1) is 7.83. The predicted molar refractivity (Wildman–Crippen MR) is 58.8 cm³/mol. The molecule has 1 aromatic heterocycles. The lowest BCUT2D eigenvalue weighted by molar-refractivity contribution is 0.179. The predicted octanol–water partition coefficient (Wildman–Crippen LogP) is 1.19. The van der Waals surface area contributed by atoms with Crippen LogP contribution in [0.3, 0.4) is 0 Å². The van der Waals surface area contributed by atoms with Gasteiger partial charge in [0.25, 0.3) is 0 Å². The second-order valence-electron chi connectivity index (χ2n) is 3.96. The molecule has 5 nitrogen and oxygen atoms in total. The summed E-state index contributed by atoms with van der Waals surface area (Å²) in [6, 6.07) is 5.67. The number of rotatable bonds is 5. The van der Waals surface area contributed by atoms with Crippen LogP contribution in [0.25, 0.3) is 0 Å². The van der Waals surface area contributed by atoms with Gasteiger partial charge < -0.3 is 10.1 Å². The molecule has 1 heterocycles. The Hall–Kier alpha value is -1.67. The van der Waals surface area contributed by atoms with Gasteiger partial charge in [-0.05, 0) is 30.9 Å². The van der Waals surface area contributed by atoms with Crippen LogP contribution in [0, 0.1) is 17.2 Å². The lowest BCUT2D eigenvalue weighted by Gasteiger charge is -2.17. The van der Waals surface area contributed by atoms with Crippen LogP contribution in [0.15, 0.2) is 12.1 Å². The van der Waals surface area contributed by atoms with E-state index >= 15 is 0 Å². The highest BCUT2D eigenvalue weighted by atomic mass is 16.5. The Bertz CT molecular complexity index is 380. The zero-order valence-electron chi connectivity index (χ0n) is 9.18. The van der Waals surface area contributed by atoms with Gasteiger partial charge in [0.15, 0.2) is 5.69 Å². The molecule has 1 unspecified atom stereocenters. The molecule has 5 heteroatoms. The number of hydrogen-bond acceptors (Lipinski definition) is 5. The molecular weight excluding hydrogens is 204 g/mol. The Balaban J connectivity index is 1.98. The van der Waals surface area contributed by atoms with Gasteiger partial charge in [0, 0.05) is 7.11 Å². The maximum Gasteiger partial charge on any atom is 0.163 e. The summed E-state index contributed by atoms with van der Waals surface area (Å²) in [4.78, 5) is 0. The van der Waals surface area contributed by atoms with E-state index in [1.165, 1.54) is 12.8 Å². The highest BCUT2D eigenvalue weighted by Crippen LogP contribution is 2.34. The summed E-state index contributed by atoms with van der Waals surface area (Å²) in [6.45, 7) is 0.673. The Labute approximate surface area is 94.4 Å². The fourth-order valence-electron chi connectivity index (χ4n) is 1.63. The van der Waals surface area contributed by atoms with E-state index in [4.69, 9.17) is 10.00 Å². The SMILES string of the molecule is COCC(Nc1ccc(C#N)nn1)C1CC1. The molecular formula is C11H14N4O. The highest BCUT2D eigenvalue weighted by Gasteiger charge is 2.31. The number of nitrogens with one attached hydrogen (secondary N) is 1. The lowest BCUT2D eigenvalue weighted by atomic mass is 10.2. The van der Waals surface area contributed by atoms with E-state index in [2.05, 4.69) is 15.5 Å². The fraction of sp³-hybridized carbons (Fsp3) is 0.545. The molecule has 1 aliphatic carbocycles. The molecule has 0 radical (unpaired) electrons. The van der Waals surface area contributed by atoms with Crippen molar-refractivity contribution in [1.29, 1.82) is 5.26 Å². The molecule has 0 amide bonds. The number of nitriles is 1. The molecule has 0 aromatic carbocycles. The number of nitrogens with zero attached hydrogens (tertiary/aromatic N) is 3. The summed E-state index contributed by atoms with van der Waals surface area (Å²) in [5.41, 5.74) is 0.334. The van der Waals surface area contributed by atoms with Gasteiger partial charge in [0.05, 0.1) is 12.6 Å². The van der Waals surface area contributed by atoms with E-state index in [0.717, 1.165) is 0 Å². The van der Waals surface area contributed by atoms with E-state index in [9.17, 15) is 0 Å². The zero-order chi connectivity index (χ0) is 11.4. The van der Waals surface area contributed by atoms with Gasteiger partial charge in [0.2, 0.25) is 0 Å². The summed E-state index contributed by atoms with van der Waals surface area (Å²) in [5.74, 6) is 1.38. The highest BCUT2D eigenvalue weighted by molar-refractivity contribution is 5.36. The maximum absolute atomic E-state index is 8.60. The van der Waals surface area contributed by atoms with Crippen LogP contribution < -0.4 is 5.32 Å². The summed E-state index contributed by atoms with van der Waals surface area (Å²) in [7, 11) is 1.70. The number of aromatic nitrogens is 2. The maximum atomic E-state index is 8.60. The molecule has 1 aromatic rings. The third-order valence-corrected chi connectivity index (χ3v) is 2.65. The largest absolute Gasteiger partial charge is 0.383 e. The molecule has 2 rings (SSSR count). The average Bonchev–Trinajstić information content (AvgIpc) is 3.13. The molecule has 0 aliphatic heterocycles. The molecule has 0 saturated heterocycles. The summed E-state index contributed by atoms with van der Waals surface area (Å²) < 4.78 is 5.16. The number of hydrogen-bond donors (Lipinski definition) is 1. The first-order valence-electron chi connectivity index (χ1n) is 5.33. The Morgan fingerprint density at radius 2 is 2.38 bits per heavy atom. The smallest absolute Gasteiger partial charge is 0.163 e. The van der Waals surface area contributed by atoms with Crippen molar-refractivity contribution in [3.8, 4) is 6.07 Å². The molecule has 1 saturated carbocycles. The van der Waals surface area contributed by atoms with Crippen molar-refractivity contribution in [2.24, 2.45) is 5.92 Å². The van der Waals surface area contributed by atoms with Crippen molar-refractivity contribution in [3.05, 3.63) is 17.8 Å². The minimum Gasteiger partial charge on any atom is -0.383 e. The average molecular weight is 218 g/mol. The van der Waals surface area contributed by atoms with E-state index in [1.807, 2.05) is 6.07 Å². The quantitative estimate of drug-likeness (QED) is 0.803. The first kappa shape index (κ1) is 10.8. The van der Waals surface area contributed by atoms with E-state index < -0.39 is 0 Å². The molecule has 1 atom stereocenters. The van der Waals surface area contributed by atoms with Crippen molar-refractivity contribution < 1.29 is 4.74 Å². The molecule has 1 aliphatic rings. The fourth-order valence-corrected chi connectivity index (χ4v) is 1.63. The van der Waals surface area contributed by atoms with E-state index in [0.29, 0.717) is 30.1 Å². The van der Waals surface area contributed by atoms with Gasteiger partial charge in [-0.15, -0.1) is 10.2 Å². The van der Waals surface area contributed by atoms with Crippen LogP contribution in [0.4, 0.5) is 5.82 Å². The summed E-state index contributed by atoms with van der Waals surface area (Å²) in [5, 5.41) is 19.6. The Morgan fingerprint density at radius 3 is 2.88 bits per heavy atom. The first-order valence-corrected chi connectivity index (χ1v) is 5.33. The van der Waals surface area contributed by atoms with Crippen LogP contribution in [0.1, 0.15) is 18.5 Å². The van der Waals surface area contributed by atoms with Crippen LogP contribution >= 0.6 is 0 Å². The monoisotopic (exact) mass is 218 g/mol. The zero-order valence-corrected chi connectivity index (χ0v) is 9.18. The standard InChI is InChI=1S/C11H14N4O/c1-16-7-10(8-2-3-8)13-11-5-4-9(6-12)14-15-11/h4-5,8,10H,2-3,7H2,1H3,(H,13,15). The third kappa shape index (κ3) is 2.67. The molecule has 84 valence electrons. The van der Waals surface area contributed by atoms with Crippen LogP contribution in [0.2, 0.25) is 0 Å². The van der Waals surface area contributed by atoms with Gasteiger partial charge in [-0.2, -0.15) is 5.26 Å². The lowest BCUT2D eigenvalue weighted by Crippen LogP contribution is -2.27. The number of ether oxygens (including phenoxy) is 1. The van der Waals surface area contributed by atoms with Crippen molar-refractivity contribution in [3.63, 3.8) is 0 Å². The topological polar surface area (TPSA) is 70.8 Å². The second-order valence-corrected chi connectivity index (χ2v) is 3.96.